The van der Waals surface area contributed by atoms with E-state index in [-0.39, 0.29) is 5.92 Å². The van der Waals surface area contributed by atoms with Crippen molar-refractivity contribution in [2.75, 3.05) is 31.1 Å². The van der Waals surface area contributed by atoms with E-state index >= 15 is 0 Å². The Morgan fingerprint density at radius 3 is 2.32 bits per heavy atom. The van der Waals surface area contributed by atoms with E-state index in [2.05, 4.69) is 27.8 Å². The molecule has 0 amide bonds. The number of hydrazine groups is 1. The molecule has 2 aromatic carbocycles. The molecule has 3 aromatic rings. The molecule has 0 aliphatic carbocycles. The Morgan fingerprint density at radius 1 is 1.08 bits per heavy atom. The van der Waals surface area contributed by atoms with Crippen molar-refractivity contribution in [2.45, 2.75) is 19.9 Å². The third-order valence-corrected chi connectivity index (χ3v) is 7.03. The molecule has 1 aromatic heterocycles. The fourth-order valence-electron chi connectivity index (χ4n) is 4.38. The van der Waals surface area contributed by atoms with E-state index in [0.717, 1.165) is 32.0 Å². The van der Waals surface area contributed by atoms with Crippen LogP contribution in [-0.4, -0.2) is 66.5 Å². The number of rotatable bonds is 6. The first-order chi connectivity index (χ1) is 17.8. The van der Waals surface area contributed by atoms with Gasteiger partial charge in [-0.25, -0.2) is 9.99 Å². The first-order valence-corrected chi connectivity index (χ1v) is 12.8. The fraction of sp³-hybridized carbons (Fsp3) is 0.296. The van der Waals surface area contributed by atoms with E-state index in [4.69, 9.17) is 0 Å². The molecular formula is C27H26N5O4S-. The topological polar surface area (TPSA) is 124 Å². The minimum atomic E-state index is -2.68. The number of nitriles is 1. The smallest absolute Gasteiger partial charge is 0.323 e. The lowest BCUT2D eigenvalue weighted by Gasteiger charge is -2.45. The van der Waals surface area contributed by atoms with Gasteiger partial charge >= 0.3 is 5.97 Å². The summed E-state index contributed by atoms with van der Waals surface area (Å²) in [6.07, 6.45) is 1.62. The lowest BCUT2D eigenvalue weighted by Crippen LogP contribution is -2.60. The Labute approximate surface area is 218 Å². The van der Waals surface area contributed by atoms with Crippen LogP contribution in [0.15, 0.2) is 54.7 Å². The molecule has 9 nitrogen and oxygen atoms in total. The molecule has 1 fully saturated rings. The molecule has 2 heterocycles. The van der Waals surface area contributed by atoms with Crippen LogP contribution in [0.3, 0.4) is 0 Å². The summed E-state index contributed by atoms with van der Waals surface area (Å²) in [5, 5.41) is 22.2. The van der Waals surface area contributed by atoms with Gasteiger partial charge in [0.15, 0.2) is 0 Å². The highest BCUT2D eigenvalue weighted by Crippen LogP contribution is 2.22. The number of aromatic nitrogens is 1. The summed E-state index contributed by atoms with van der Waals surface area (Å²) in [4.78, 5) is 17.9. The summed E-state index contributed by atoms with van der Waals surface area (Å²) in [6.45, 7) is 5.26. The number of anilines is 1. The minimum absolute atomic E-state index is 0.373. The van der Waals surface area contributed by atoms with Crippen LogP contribution in [0.4, 0.5) is 5.69 Å². The van der Waals surface area contributed by atoms with Gasteiger partial charge in [-0.1, -0.05) is 31.8 Å². The van der Waals surface area contributed by atoms with Gasteiger partial charge in [0.25, 0.3) is 0 Å². The number of carboxylic acid groups (broad SMARTS) is 1. The Morgan fingerprint density at radius 2 is 1.73 bits per heavy atom. The van der Waals surface area contributed by atoms with E-state index in [1.54, 1.807) is 25.1 Å². The highest BCUT2D eigenvalue weighted by molar-refractivity contribution is 7.76. The average molecular weight is 517 g/mol. The molecule has 0 radical (unpaired) electrons. The van der Waals surface area contributed by atoms with Gasteiger partial charge in [-0.05, 0) is 53.8 Å². The highest BCUT2D eigenvalue weighted by Gasteiger charge is 2.35. The number of piperazine rings is 1. The monoisotopic (exact) mass is 516 g/mol. The molecule has 2 atom stereocenters. The molecule has 10 heteroatoms. The van der Waals surface area contributed by atoms with Crippen molar-refractivity contribution in [3.63, 3.8) is 0 Å². The molecular weight excluding hydrogens is 490 g/mol. The minimum Gasteiger partial charge on any atom is -0.759 e. The number of carboxylic acids is 1. The molecule has 1 aliphatic heterocycles. The second-order valence-electron chi connectivity index (χ2n) is 8.99. The second-order valence-corrected chi connectivity index (χ2v) is 9.80. The van der Waals surface area contributed by atoms with Gasteiger partial charge in [0.2, 0.25) is 0 Å². The van der Waals surface area contributed by atoms with E-state index in [0.29, 0.717) is 31.9 Å². The zero-order chi connectivity index (χ0) is 26.5. The number of nitrogens with zero attached hydrogens (tertiary/aromatic N) is 5. The first-order valence-electron chi connectivity index (χ1n) is 11.8. The van der Waals surface area contributed by atoms with Crippen molar-refractivity contribution in [1.29, 1.82) is 5.26 Å². The molecule has 4 rings (SSSR count). The van der Waals surface area contributed by atoms with Crippen molar-refractivity contribution in [3.05, 3.63) is 71.5 Å². The maximum Gasteiger partial charge on any atom is 0.323 e. The Kier molecular flexibility index (Phi) is 8.17. The van der Waals surface area contributed by atoms with Crippen molar-refractivity contribution in [3.8, 4) is 17.9 Å². The van der Waals surface area contributed by atoms with E-state index in [9.17, 15) is 23.9 Å². The summed E-state index contributed by atoms with van der Waals surface area (Å²) in [5.74, 6) is 4.76. The maximum absolute atomic E-state index is 11.9. The molecule has 2 unspecified atom stereocenters. The lowest BCUT2D eigenvalue weighted by atomic mass is 10.1. The zero-order valence-electron chi connectivity index (χ0n) is 20.5. The number of carbonyl (C=O) groups is 1. The average Bonchev–Trinajstić information content (AvgIpc) is 2.89. The van der Waals surface area contributed by atoms with Crippen LogP contribution in [0.2, 0.25) is 0 Å². The standard InChI is InChI=1S/C27H27N5O4S/c1-19(2)26(27(33)34)32(37(35)36)31-15-13-30(14-16-31)23-9-6-20(7-10-23)3-4-21-5-8-22-11-12-29-25(18-28)24(22)17-21/h5-12,17,19,26H,13-16H2,1-2H3,(H,33,34)(H,35,36)/p-1. The third kappa shape index (κ3) is 5.96. The number of hydrogen-bond donors (Lipinski definition) is 1. The van der Waals surface area contributed by atoms with Gasteiger partial charge in [0.05, 0.1) is 0 Å². The summed E-state index contributed by atoms with van der Waals surface area (Å²) in [5.41, 5.74) is 2.98. The molecule has 0 spiro atoms. The lowest BCUT2D eigenvalue weighted by molar-refractivity contribution is -0.149. The number of aliphatic carboxylic acids is 1. The SMILES string of the molecule is CC(C)C(C(=O)O)N(N1CCN(c2ccc(C#Cc3ccc4ccnc(C#N)c4c3)cc2)CC1)S(=O)[O-]. The number of pyridine rings is 1. The predicted octanol–water partition coefficient (Wildman–Crippen LogP) is 2.75. The molecule has 1 saturated heterocycles. The second kappa shape index (κ2) is 11.5. The molecule has 37 heavy (non-hydrogen) atoms. The zero-order valence-corrected chi connectivity index (χ0v) is 21.3. The summed E-state index contributed by atoms with van der Waals surface area (Å²) in [6, 6.07) is 16.3. The van der Waals surface area contributed by atoms with Crippen molar-refractivity contribution >= 4 is 33.7 Å². The van der Waals surface area contributed by atoms with Gasteiger partial charge in [-0.2, -0.15) is 9.68 Å². The van der Waals surface area contributed by atoms with E-state index < -0.39 is 23.3 Å². The van der Waals surface area contributed by atoms with Crippen LogP contribution in [0.25, 0.3) is 10.8 Å². The van der Waals surface area contributed by atoms with Crippen LogP contribution < -0.4 is 4.90 Å². The third-order valence-electron chi connectivity index (χ3n) is 6.27. The normalized spacial score (nSPS) is 15.7. The van der Waals surface area contributed by atoms with Crippen molar-refractivity contribution in [1.82, 2.24) is 14.4 Å². The van der Waals surface area contributed by atoms with E-state index in [1.165, 1.54) is 0 Å². The van der Waals surface area contributed by atoms with Gasteiger partial charge < -0.3 is 14.6 Å². The molecule has 0 saturated carbocycles. The van der Waals surface area contributed by atoms with Crippen molar-refractivity contribution in [2.24, 2.45) is 5.92 Å². The van der Waals surface area contributed by atoms with Crippen LogP contribution >= 0.6 is 0 Å². The Hall–Kier alpha value is -3.80. The van der Waals surface area contributed by atoms with Crippen LogP contribution in [0, 0.1) is 29.1 Å². The van der Waals surface area contributed by atoms with Gasteiger partial charge in [0, 0.05) is 65.8 Å². The van der Waals surface area contributed by atoms with Crippen molar-refractivity contribution < 1.29 is 18.7 Å². The van der Waals surface area contributed by atoms with Gasteiger partial charge in [-0.15, -0.1) is 0 Å². The van der Waals surface area contributed by atoms with Gasteiger partial charge in [0.1, 0.15) is 17.8 Å². The first kappa shape index (κ1) is 26.3. The summed E-state index contributed by atoms with van der Waals surface area (Å²) >= 11 is -2.68. The van der Waals surface area contributed by atoms with Crippen LogP contribution in [0.5, 0.6) is 0 Å². The predicted molar refractivity (Wildman–Crippen MR) is 140 cm³/mol. The number of fused-ring (bicyclic) bond motifs is 1. The largest absolute Gasteiger partial charge is 0.759 e. The maximum atomic E-state index is 11.9. The molecule has 1 aliphatic rings. The summed E-state index contributed by atoms with van der Waals surface area (Å²) in [7, 11) is 0. The Bertz CT molecular complexity index is 1420. The number of hydrogen-bond acceptors (Lipinski definition) is 7. The molecule has 190 valence electrons. The Balaban J connectivity index is 1.43. The van der Waals surface area contributed by atoms with E-state index in [1.807, 2.05) is 48.5 Å². The fourth-order valence-corrected chi connectivity index (χ4v) is 5.25. The highest BCUT2D eigenvalue weighted by atomic mass is 32.2. The van der Waals surface area contributed by atoms with Crippen LogP contribution in [0.1, 0.15) is 30.7 Å². The quantitative estimate of drug-likeness (QED) is 0.392. The number of benzene rings is 2. The summed E-state index contributed by atoms with van der Waals surface area (Å²) < 4.78 is 24.7. The molecule has 1 N–H and O–H groups in total. The molecule has 0 bridgehead atoms. The van der Waals surface area contributed by atoms with Crippen LogP contribution in [-0.2, 0) is 16.1 Å². The van der Waals surface area contributed by atoms with Gasteiger partial charge in [-0.3, -0.25) is 9.00 Å².